The molecule has 0 bridgehead atoms. The summed E-state index contributed by atoms with van der Waals surface area (Å²) in [6, 6.07) is 43.6. The molecule has 0 aliphatic heterocycles. The van der Waals surface area contributed by atoms with Crippen molar-refractivity contribution >= 4 is 27.7 Å². The van der Waals surface area contributed by atoms with Gasteiger partial charge in [-0.1, -0.05) is 134 Å². The van der Waals surface area contributed by atoms with Gasteiger partial charge in [0.25, 0.3) is 0 Å². The number of rotatable bonds is 6. The lowest BCUT2D eigenvalue weighted by molar-refractivity contribution is 0.477. The molecule has 1 N–H and O–H groups in total. The van der Waals surface area contributed by atoms with Gasteiger partial charge >= 0.3 is 0 Å². The number of imidazole rings is 1. The maximum Gasteiger partial charge on any atom is 0.235 e. The molecule has 4 aromatic heterocycles. The van der Waals surface area contributed by atoms with E-state index in [-0.39, 0.29) is 22.5 Å². The van der Waals surface area contributed by atoms with Gasteiger partial charge in [0, 0.05) is 44.9 Å². The van der Waals surface area contributed by atoms with E-state index in [4.69, 9.17) is 19.4 Å². The Morgan fingerprint density at radius 1 is 0.569 bits per heavy atom. The molecule has 0 atom stereocenters. The Hall–Kier alpha value is -6.53. The Morgan fingerprint density at radius 2 is 1.21 bits per heavy atom. The van der Waals surface area contributed by atoms with E-state index < -0.39 is 0 Å². The number of benzene rings is 5. The third-order valence-corrected chi connectivity index (χ3v) is 11.2. The number of aromatic nitrogens is 4. The van der Waals surface area contributed by atoms with E-state index in [9.17, 15) is 5.11 Å². The van der Waals surface area contributed by atoms with Crippen LogP contribution in [0.5, 0.6) is 5.75 Å². The van der Waals surface area contributed by atoms with Gasteiger partial charge in [0.1, 0.15) is 16.9 Å². The molecule has 5 aromatic carbocycles. The molecule has 0 unspecified atom stereocenters. The number of pyridine rings is 1. The van der Waals surface area contributed by atoms with Crippen LogP contribution in [0.3, 0.4) is 0 Å². The molecule has 6 nitrogen and oxygen atoms in total. The first kappa shape index (κ1) is 37.1. The summed E-state index contributed by atoms with van der Waals surface area (Å²) in [5.74, 6) is 1.07. The molecule has 58 heavy (non-hydrogen) atoms. The Bertz CT molecular complexity index is 2980. The van der Waals surface area contributed by atoms with Crippen molar-refractivity contribution in [3.63, 3.8) is 0 Å². The molecule has 0 saturated carbocycles. The molecule has 0 saturated heterocycles. The van der Waals surface area contributed by atoms with Crippen molar-refractivity contribution in [2.24, 2.45) is 0 Å². The molecule has 0 fully saturated rings. The molecule has 0 amide bonds. The van der Waals surface area contributed by atoms with Crippen LogP contribution in [0.2, 0.25) is 0 Å². The second-order valence-electron chi connectivity index (χ2n) is 17.8. The highest BCUT2D eigenvalue weighted by Gasteiger charge is 2.25. The average Bonchev–Trinajstić information content (AvgIpc) is 3.78. The summed E-state index contributed by atoms with van der Waals surface area (Å²) >= 11 is 0. The first-order chi connectivity index (χ1) is 27.7. The Kier molecular flexibility index (Phi) is 8.85. The summed E-state index contributed by atoms with van der Waals surface area (Å²) in [6.07, 6.45) is 2.09. The van der Waals surface area contributed by atoms with Gasteiger partial charge in [-0.15, -0.1) is 0 Å². The normalized spacial score (nSPS) is 12.4. The molecule has 0 spiro atoms. The highest BCUT2D eigenvalue weighted by Crippen LogP contribution is 2.44. The van der Waals surface area contributed by atoms with E-state index in [1.54, 1.807) is 6.07 Å². The maximum absolute atomic E-state index is 11.2. The van der Waals surface area contributed by atoms with Crippen molar-refractivity contribution in [2.45, 2.75) is 72.1 Å². The third-order valence-electron chi connectivity index (χ3n) is 11.2. The van der Waals surface area contributed by atoms with E-state index in [0.29, 0.717) is 17.0 Å². The standard InChI is InChI=1S/C52H48N4O2/c1-31(2)42-22-23-56-48(32-16-10-9-11-17-32)47(55-50(56)54-42)35-26-40-38-18-13-15-21-46(38)58-49(40)41(27-35)44-29-34(28-43(53-44)39-19-12-14-20-45(39)57)33-24-36(51(3,4)5)30-37(25-33)52(6,7)8/h9-31,57H,1-8H3. The van der Waals surface area contributed by atoms with Crippen LogP contribution < -0.4 is 0 Å². The lowest BCUT2D eigenvalue weighted by Gasteiger charge is -2.26. The molecule has 0 radical (unpaired) electrons. The quantitative estimate of drug-likeness (QED) is 0.183. The highest BCUT2D eigenvalue weighted by molar-refractivity contribution is 6.11. The van der Waals surface area contributed by atoms with Crippen LogP contribution in [0.25, 0.3) is 83.9 Å². The third kappa shape index (κ3) is 6.62. The number of phenolic OH excluding ortho intramolecular Hbond substituents is 1. The van der Waals surface area contributed by atoms with Crippen LogP contribution in [-0.4, -0.2) is 24.5 Å². The van der Waals surface area contributed by atoms with E-state index in [1.165, 1.54) is 11.1 Å². The van der Waals surface area contributed by atoms with Crippen LogP contribution in [0.1, 0.15) is 78.1 Å². The number of fused-ring (bicyclic) bond motifs is 4. The summed E-state index contributed by atoms with van der Waals surface area (Å²) in [5, 5.41) is 13.2. The summed E-state index contributed by atoms with van der Waals surface area (Å²) in [6.45, 7) is 17.9. The van der Waals surface area contributed by atoms with Gasteiger partial charge in [0.15, 0.2) is 0 Å². The van der Waals surface area contributed by atoms with Crippen LogP contribution in [0, 0.1) is 0 Å². The van der Waals surface area contributed by atoms with Crippen molar-refractivity contribution in [3.05, 3.63) is 150 Å². The van der Waals surface area contributed by atoms with Gasteiger partial charge in [-0.25, -0.2) is 15.0 Å². The minimum atomic E-state index is -0.0729. The molecule has 9 aromatic rings. The number of hydrogen-bond acceptors (Lipinski definition) is 5. The van der Waals surface area contributed by atoms with Crippen molar-refractivity contribution in [1.29, 1.82) is 0 Å². The summed E-state index contributed by atoms with van der Waals surface area (Å²) in [5.41, 5.74) is 13.6. The predicted octanol–water partition coefficient (Wildman–Crippen LogP) is 13.8. The van der Waals surface area contributed by atoms with Crippen LogP contribution in [-0.2, 0) is 10.8 Å². The SMILES string of the molecule is CC(C)c1ccn2c(-c3ccccc3)c(-c3cc(-c4cc(-c5cc(C(C)(C)C)cc(C(C)(C)C)c5)cc(-c5ccccc5O)n4)c4oc5ccccc5c4c3)nc2n1. The van der Waals surface area contributed by atoms with Gasteiger partial charge < -0.3 is 9.52 Å². The summed E-state index contributed by atoms with van der Waals surface area (Å²) in [7, 11) is 0. The molecule has 0 aliphatic carbocycles. The Balaban J connectivity index is 1.37. The lowest BCUT2D eigenvalue weighted by Crippen LogP contribution is -2.16. The maximum atomic E-state index is 11.2. The number of phenols is 1. The highest BCUT2D eigenvalue weighted by atomic mass is 16.3. The fraction of sp³-hybridized carbons (Fsp3) is 0.212. The predicted molar refractivity (Wildman–Crippen MR) is 238 cm³/mol. The molecule has 0 aliphatic rings. The van der Waals surface area contributed by atoms with E-state index in [0.717, 1.165) is 72.5 Å². The fourth-order valence-electron chi connectivity index (χ4n) is 7.82. The second kappa shape index (κ2) is 13.8. The van der Waals surface area contributed by atoms with Crippen molar-refractivity contribution < 1.29 is 9.52 Å². The topological polar surface area (TPSA) is 76.5 Å². The number of furan rings is 1. The zero-order valence-corrected chi connectivity index (χ0v) is 34.4. The fourth-order valence-corrected chi connectivity index (χ4v) is 7.82. The number of aromatic hydroxyl groups is 1. The van der Waals surface area contributed by atoms with Gasteiger partial charge in [0.2, 0.25) is 5.78 Å². The van der Waals surface area contributed by atoms with Crippen LogP contribution >= 0.6 is 0 Å². The van der Waals surface area contributed by atoms with Gasteiger partial charge in [-0.05, 0) is 87.5 Å². The first-order valence-electron chi connectivity index (χ1n) is 20.1. The second-order valence-corrected chi connectivity index (χ2v) is 17.8. The number of nitrogens with zero attached hydrogens (tertiary/aromatic N) is 4. The smallest absolute Gasteiger partial charge is 0.235 e. The number of hydrogen-bond donors (Lipinski definition) is 1. The Morgan fingerprint density at radius 3 is 1.90 bits per heavy atom. The van der Waals surface area contributed by atoms with Crippen LogP contribution in [0.15, 0.2) is 138 Å². The van der Waals surface area contributed by atoms with Crippen molar-refractivity contribution in [2.75, 3.05) is 0 Å². The zero-order chi connectivity index (χ0) is 40.5. The molecule has 4 heterocycles. The summed E-state index contributed by atoms with van der Waals surface area (Å²) in [4.78, 5) is 15.7. The lowest BCUT2D eigenvalue weighted by atomic mass is 9.79. The monoisotopic (exact) mass is 760 g/mol. The van der Waals surface area contributed by atoms with Crippen molar-refractivity contribution in [1.82, 2.24) is 19.4 Å². The van der Waals surface area contributed by atoms with Crippen molar-refractivity contribution in [3.8, 4) is 61.9 Å². The Labute approximate surface area is 339 Å². The molecule has 6 heteroatoms. The van der Waals surface area contributed by atoms with E-state index in [1.807, 2.05) is 42.5 Å². The first-order valence-corrected chi connectivity index (χ1v) is 20.1. The minimum absolute atomic E-state index is 0.0729. The molecule has 288 valence electrons. The van der Waals surface area contributed by atoms with E-state index >= 15 is 0 Å². The molecule has 9 rings (SSSR count). The van der Waals surface area contributed by atoms with Gasteiger partial charge in [-0.3, -0.25) is 4.40 Å². The average molecular weight is 761 g/mol. The van der Waals surface area contributed by atoms with Crippen LogP contribution in [0.4, 0.5) is 0 Å². The molecular weight excluding hydrogens is 713 g/mol. The van der Waals surface area contributed by atoms with E-state index in [2.05, 4.69) is 145 Å². The van der Waals surface area contributed by atoms with Gasteiger partial charge in [-0.2, -0.15) is 0 Å². The summed E-state index contributed by atoms with van der Waals surface area (Å²) < 4.78 is 8.86. The largest absolute Gasteiger partial charge is 0.507 e. The van der Waals surface area contributed by atoms with Gasteiger partial charge in [0.05, 0.1) is 22.8 Å². The minimum Gasteiger partial charge on any atom is -0.507 e. The zero-order valence-electron chi connectivity index (χ0n) is 34.4. The molecular formula is C52H48N4O2. The number of para-hydroxylation sites is 2.